The lowest BCUT2D eigenvalue weighted by Crippen LogP contribution is -2.21. The van der Waals surface area contributed by atoms with Crippen LogP contribution in [0, 0.1) is 0 Å². The molecule has 0 spiro atoms. The molecule has 0 aliphatic rings. The number of nitrogens with zero attached hydrogens (tertiary/aromatic N) is 1. The van der Waals surface area contributed by atoms with Crippen LogP contribution < -0.4 is 11.3 Å². The Labute approximate surface area is 78.0 Å². The van der Waals surface area contributed by atoms with Crippen molar-refractivity contribution in [2.45, 2.75) is 13.3 Å². The van der Waals surface area contributed by atoms with Crippen molar-refractivity contribution >= 4 is 11.2 Å². The van der Waals surface area contributed by atoms with Crippen molar-refractivity contribution in [3.8, 4) is 0 Å². The van der Waals surface area contributed by atoms with E-state index in [-0.39, 0.29) is 11.2 Å². The highest BCUT2D eigenvalue weighted by Crippen LogP contribution is 2.13. The first kappa shape index (κ1) is 8.68. The molecule has 0 bridgehead atoms. The molecule has 2 aromatic heterocycles. The lowest BCUT2D eigenvalue weighted by molar-refractivity contribution is 0.445. The van der Waals surface area contributed by atoms with E-state index >= 15 is 0 Å². The van der Waals surface area contributed by atoms with Gasteiger partial charge in [0.15, 0.2) is 11.2 Å². The van der Waals surface area contributed by atoms with Gasteiger partial charge in [0.1, 0.15) is 0 Å². The van der Waals surface area contributed by atoms with E-state index in [1.807, 2.05) is 6.92 Å². The van der Waals surface area contributed by atoms with E-state index in [4.69, 9.17) is 8.83 Å². The number of rotatable bonds is 1. The van der Waals surface area contributed by atoms with Gasteiger partial charge in [0, 0.05) is 12.3 Å². The zero-order valence-corrected chi connectivity index (χ0v) is 7.44. The molecule has 0 saturated carbocycles. The Hall–Kier alpha value is -1.91. The predicted molar refractivity (Wildman–Crippen MR) is 48.2 cm³/mol. The zero-order valence-electron chi connectivity index (χ0n) is 7.44. The number of aryl methyl sites for hydroxylation is 1. The largest absolute Gasteiger partial charge is 0.423 e. The Kier molecular flexibility index (Phi) is 1.92. The smallest absolute Gasteiger partial charge is 0.414 e. The number of hydrogen-bond donors (Lipinski definition) is 0. The van der Waals surface area contributed by atoms with Crippen molar-refractivity contribution in [1.29, 1.82) is 0 Å². The first-order valence-electron chi connectivity index (χ1n) is 4.14. The molecule has 0 N–H and O–H groups in total. The molecule has 2 aromatic rings. The molecule has 2 heterocycles. The maximum absolute atomic E-state index is 10.9. The van der Waals surface area contributed by atoms with Gasteiger partial charge >= 0.3 is 11.3 Å². The normalized spacial score (nSPS) is 10.6. The standard InChI is InChI=1S/C9H7NO4/c1-2-5-7-6(3-4-10-5)13-8(11)9(12)14-7/h3-4H,2H2,1H3. The Morgan fingerprint density at radius 3 is 2.71 bits per heavy atom. The van der Waals surface area contributed by atoms with E-state index < -0.39 is 11.3 Å². The molecule has 0 saturated heterocycles. The van der Waals surface area contributed by atoms with Gasteiger partial charge in [0.25, 0.3) is 0 Å². The van der Waals surface area contributed by atoms with E-state index in [0.717, 1.165) is 0 Å². The van der Waals surface area contributed by atoms with Crippen LogP contribution in [0.5, 0.6) is 0 Å². The van der Waals surface area contributed by atoms with Crippen molar-refractivity contribution in [1.82, 2.24) is 4.98 Å². The Morgan fingerprint density at radius 2 is 2.00 bits per heavy atom. The van der Waals surface area contributed by atoms with Gasteiger partial charge in [0.2, 0.25) is 0 Å². The number of aromatic nitrogens is 1. The van der Waals surface area contributed by atoms with Crippen LogP contribution in [0.15, 0.2) is 30.7 Å². The fraction of sp³-hybridized carbons (Fsp3) is 0.222. The molecule has 0 aromatic carbocycles. The summed E-state index contributed by atoms with van der Waals surface area (Å²) in [5.74, 6) is 0. The van der Waals surface area contributed by atoms with Gasteiger partial charge in [-0.25, -0.2) is 9.59 Å². The van der Waals surface area contributed by atoms with Gasteiger partial charge in [-0.15, -0.1) is 0 Å². The molecule has 2 rings (SSSR count). The molecule has 5 heteroatoms. The van der Waals surface area contributed by atoms with Gasteiger partial charge in [-0.1, -0.05) is 6.92 Å². The third kappa shape index (κ3) is 1.22. The van der Waals surface area contributed by atoms with Crippen LogP contribution >= 0.6 is 0 Å². The second kappa shape index (κ2) is 3.10. The maximum atomic E-state index is 10.9. The van der Waals surface area contributed by atoms with E-state index in [0.29, 0.717) is 12.1 Å². The summed E-state index contributed by atoms with van der Waals surface area (Å²) in [5.41, 5.74) is -0.893. The van der Waals surface area contributed by atoms with Gasteiger partial charge in [-0.2, -0.15) is 0 Å². The van der Waals surface area contributed by atoms with Crippen molar-refractivity contribution in [2.24, 2.45) is 0 Å². The molecular formula is C9H7NO4. The van der Waals surface area contributed by atoms with Gasteiger partial charge < -0.3 is 8.83 Å². The quantitative estimate of drug-likeness (QED) is 0.623. The van der Waals surface area contributed by atoms with Crippen LogP contribution in [0.2, 0.25) is 0 Å². The second-order valence-electron chi connectivity index (χ2n) is 2.72. The highest BCUT2D eigenvalue weighted by atomic mass is 16.5. The summed E-state index contributed by atoms with van der Waals surface area (Å²) in [6.07, 6.45) is 2.11. The van der Waals surface area contributed by atoms with Crippen molar-refractivity contribution in [3.63, 3.8) is 0 Å². The average molecular weight is 193 g/mol. The minimum atomic E-state index is -1.000. The van der Waals surface area contributed by atoms with Gasteiger partial charge in [0.05, 0.1) is 5.69 Å². The van der Waals surface area contributed by atoms with Crippen LogP contribution in [0.25, 0.3) is 11.2 Å². The molecule has 0 aliphatic heterocycles. The summed E-state index contributed by atoms with van der Waals surface area (Å²) in [6, 6.07) is 1.48. The molecule has 0 aliphatic carbocycles. The second-order valence-corrected chi connectivity index (χ2v) is 2.72. The van der Waals surface area contributed by atoms with Crippen LogP contribution in [-0.4, -0.2) is 4.98 Å². The molecule has 0 amide bonds. The summed E-state index contributed by atoms with van der Waals surface area (Å²) in [7, 11) is 0. The minimum Gasteiger partial charge on any atom is -0.414 e. The van der Waals surface area contributed by atoms with Crippen molar-refractivity contribution < 1.29 is 8.83 Å². The number of fused-ring (bicyclic) bond motifs is 1. The first-order valence-corrected chi connectivity index (χ1v) is 4.14. The van der Waals surface area contributed by atoms with Crippen molar-refractivity contribution in [2.75, 3.05) is 0 Å². The SMILES string of the molecule is CCc1nccc2oc(=O)c(=O)oc12. The highest BCUT2D eigenvalue weighted by Gasteiger charge is 2.08. The first-order chi connectivity index (χ1) is 6.72. The summed E-state index contributed by atoms with van der Waals surface area (Å²) >= 11 is 0. The fourth-order valence-electron chi connectivity index (χ4n) is 1.19. The molecule has 0 radical (unpaired) electrons. The average Bonchev–Trinajstić information content (AvgIpc) is 2.19. The number of hydrogen-bond acceptors (Lipinski definition) is 5. The summed E-state index contributed by atoms with van der Waals surface area (Å²) < 4.78 is 9.52. The number of pyridine rings is 1. The van der Waals surface area contributed by atoms with Crippen LogP contribution in [0.4, 0.5) is 0 Å². The Balaban J connectivity index is 2.95. The summed E-state index contributed by atoms with van der Waals surface area (Å²) in [6.45, 7) is 1.87. The Morgan fingerprint density at radius 1 is 1.29 bits per heavy atom. The Bertz CT molecular complexity index is 581. The topological polar surface area (TPSA) is 73.3 Å². The van der Waals surface area contributed by atoms with Crippen LogP contribution in [-0.2, 0) is 6.42 Å². The molecule has 5 nitrogen and oxygen atoms in total. The van der Waals surface area contributed by atoms with Crippen LogP contribution in [0.3, 0.4) is 0 Å². The van der Waals surface area contributed by atoms with E-state index in [1.54, 1.807) is 0 Å². The predicted octanol–water partition coefficient (Wildman–Crippen LogP) is 0.704. The molecule has 0 unspecified atom stereocenters. The summed E-state index contributed by atoms with van der Waals surface area (Å²) in [4.78, 5) is 25.7. The monoisotopic (exact) mass is 193 g/mol. The maximum Gasteiger partial charge on any atom is 0.423 e. The lowest BCUT2D eigenvalue weighted by atomic mass is 10.3. The molecule has 14 heavy (non-hydrogen) atoms. The lowest BCUT2D eigenvalue weighted by Gasteiger charge is -1.98. The third-order valence-corrected chi connectivity index (χ3v) is 1.84. The fourth-order valence-corrected chi connectivity index (χ4v) is 1.19. The van der Waals surface area contributed by atoms with Crippen molar-refractivity contribution in [3.05, 3.63) is 38.8 Å². The zero-order chi connectivity index (χ0) is 10.1. The minimum absolute atomic E-state index is 0.250. The van der Waals surface area contributed by atoms with E-state index in [9.17, 15) is 9.59 Å². The van der Waals surface area contributed by atoms with E-state index in [1.165, 1.54) is 12.3 Å². The highest BCUT2D eigenvalue weighted by molar-refractivity contribution is 5.71. The molecule has 0 fully saturated rings. The molecule has 0 atom stereocenters. The molecule has 72 valence electrons. The summed E-state index contributed by atoms with van der Waals surface area (Å²) in [5, 5.41) is 0. The third-order valence-electron chi connectivity index (χ3n) is 1.84. The van der Waals surface area contributed by atoms with Gasteiger partial charge in [-0.3, -0.25) is 4.98 Å². The molecular weight excluding hydrogens is 186 g/mol. The van der Waals surface area contributed by atoms with Gasteiger partial charge in [-0.05, 0) is 6.42 Å². The van der Waals surface area contributed by atoms with Crippen LogP contribution in [0.1, 0.15) is 12.6 Å². The van der Waals surface area contributed by atoms with E-state index in [2.05, 4.69) is 4.98 Å².